The number of morpholine rings is 1. The molecule has 3 heterocycles. The molecule has 1 aliphatic carbocycles. The molecule has 0 amide bonds. The van der Waals surface area contributed by atoms with Gasteiger partial charge in [-0.3, -0.25) is 4.90 Å². The Morgan fingerprint density at radius 3 is 3.10 bits per heavy atom. The van der Waals surface area contributed by atoms with E-state index < -0.39 is 0 Å². The third-order valence-electron chi connectivity index (χ3n) is 3.88. The first kappa shape index (κ1) is 13.3. The Hall–Kier alpha value is -1.38. The van der Waals surface area contributed by atoms with Crippen LogP contribution in [0.2, 0.25) is 0 Å². The molecule has 2 aromatic rings. The maximum Gasteiger partial charge on any atom is 0.165 e. The normalized spacial score (nSPS) is 23.6. The first-order chi connectivity index (χ1) is 10.3. The van der Waals surface area contributed by atoms with Crippen molar-refractivity contribution in [3.05, 3.63) is 21.9 Å². The second-order valence-corrected chi connectivity index (χ2v) is 6.58. The van der Waals surface area contributed by atoms with Crippen molar-refractivity contribution in [3.8, 4) is 0 Å². The third kappa shape index (κ3) is 2.83. The van der Waals surface area contributed by atoms with E-state index in [2.05, 4.69) is 30.8 Å². The Bertz CT molecular complexity index is 622. The number of aromatic nitrogens is 5. The number of nitrogens with zero attached hydrogens (tertiary/aromatic N) is 6. The van der Waals surface area contributed by atoms with Gasteiger partial charge < -0.3 is 4.74 Å². The van der Waals surface area contributed by atoms with Crippen LogP contribution in [0.3, 0.4) is 0 Å². The van der Waals surface area contributed by atoms with E-state index in [-0.39, 0.29) is 6.10 Å². The van der Waals surface area contributed by atoms with Gasteiger partial charge in [0.25, 0.3) is 0 Å². The van der Waals surface area contributed by atoms with Crippen molar-refractivity contribution in [2.24, 2.45) is 0 Å². The minimum Gasteiger partial charge on any atom is -0.368 e. The van der Waals surface area contributed by atoms with Crippen LogP contribution in [0.4, 0.5) is 0 Å². The highest BCUT2D eigenvalue weighted by Crippen LogP contribution is 2.34. The van der Waals surface area contributed by atoms with Gasteiger partial charge in [0, 0.05) is 24.2 Å². The molecule has 1 atom stereocenters. The maximum absolute atomic E-state index is 5.86. The third-order valence-corrected chi connectivity index (χ3v) is 4.94. The van der Waals surface area contributed by atoms with Gasteiger partial charge in [-0.05, 0) is 30.2 Å². The maximum atomic E-state index is 5.86. The minimum atomic E-state index is 0.0719. The number of rotatable bonds is 4. The highest BCUT2D eigenvalue weighted by molar-refractivity contribution is 7.09. The van der Waals surface area contributed by atoms with E-state index in [4.69, 9.17) is 4.74 Å². The summed E-state index contributed by atoms with van der Waals surface area (Å²) in [6.07, 6.45) is 2.47. The van der Waals surface area contributed by atoms with E-state index in [9.17, 15) is 0 Å². The van der Waals surface area contributed by atoms with Crippen molar-refractivity contribution in [1.82, 2.24) is 30.1 Å². The van der Waals surface area contributed by atoms with Crippen LogP contribution in [0.1, 0.15) is 41.5 Å². The van der Waals surface area contributed by atoms with Gasteiger partial charge in [-0.15, -0.1) is 16.4 Å². The van der Waals surface area contributed by atoms with Crippen molar-refractivity contribution < 1.29 is 4.74 Å². The monoisotopic (exact) mass is 306 g/mol. The molecule has 0 bridgehead atoms. The summed E-state index contributed by atoms with van der Waals surface area (Å²) in [6.45, 7) is 5.30. The van der Waals surface area contributed by atoms with Gasteiger partial charge >= 0.3 is 0 Å². The Labute approximate surface area is 126 Å². The Balaban J connectivity index is 1.44. The Kier molecular flexibility index (Phi) is 3.44. The number of hydrogen-bond donors (Lipinski definition) is 0. The van der Waals surface area contributed by atoms with Crippen LogP contribution >= 0.6 is 11.3 Å². The van der Waals surface area contributed by atoms with E-state index in [1.54, 1.807) is 11.3 Å². The van der Waals surface area contributed by atoms with Crippen molar-refractivity contribution >= 4 is 11.3 Å². The molecule has 2 fully saturated rings. The molecule has 4 rings (SSSR count). The van der Waals surface area contributed by atoms with Gasteiger partial charge in [0.2, 0.25) is 0 Å². The summed E-state index contributed by atoms with van der Waals surface area (Å²) in [5.41, 5.74) is 1.06. The van der Waals surface area contributed by atoms with Crippen molar-refractivity contribution in [3.63, 3.8) is 0 Å². The second-order valence-electron chi connectivity index (χ2n) is 5.69. The Morgan fingerprint density at radius 2 is 2.33 bits per heavy atom. The van der Waals surface area contributed by atoms with Gasteiger partial charge in [0.05, 0.1) is 19.2 Å². The van der Waals surface area contributed by atoms with Gasteiger partial charge in [0.15, 0.2) is 5.82 Å². The average molecular weight is 306 g/mol. The smallest absolute Gasteiger partial charge is 0.165 e. The molecule has 0 aromatic carbocycles. The van der Waals surface area contributed by atoms with Gasteiger partial charge in [0.1, 0.15) is 11.1 Å². The molecule has 1 aliphatic heterocycles. The average Bonchev–Trinajstić information content (AvgIpc) is 3.08. The van der Waals surface area contributed by atoms with Crippen LogP contribution in [0, 0.1) is 6.92 Å². The lowest BCUT2D eigenvalue weighted by Gasteiger charge is -2.31. The van der Waals surface area contributed by atoms with Crippen LogP contribution < -0.4 is 0 Å². The highest BCUT2D eigenvalue weighted by Gasteiger charge is 2.30. The van der Waals surface area contributed by atoms with E-state index in [0.717, 1.165) is 42.8 Å². The van der Waals surface area contributed by atoms with E-state index in [1.165, 1.54) is 12.8 Å². The molecule has 0 spiro atoms. The van der Waals surface area contributed by atoms with E-state index in [0.29, 0.717) is 6.04 Å². The molecule has 1 saturated heterocycles. The lowest BCUT2D eigenvalue weighted by atomic mass is 10.2. The zero-order chi connectivity index (χ0) is 14.2. The molecule has 0 N–H and O–H groups in total. The minimum absolute atomic E-state index is 0.0719. The lowest BCUT2D eigenvalue weighted by molar-refractivity contribution is -0.0341. The van der Waals surface area contributed by atoms with Crippen LogP contribution in [-0.2, 0) is 11.3 Å². The van der Waals surface area contributed by atoms with E-state index in [1.807, 2.05) is 11.6 Å². The SMILES string of the molecule is Cc1csc([C@H]2CN(Cc3nnnn3C3CC3)CCO2)n1. The van der Waals surface area contributed by atoms with Crippen molar-refractivity contribution in [2.75, 3.05) is 19.7 Å². The summed E-state index contributed by atoms with van der Waals surface area (Å²) in [5.74, 6) is 0.966. The quantitative estimate of drug-likeness (QED) is 0.849. The summed E-state index contributed by atoms with van der Waals surface area (Å²) >= 11 is 1.68. The predicted octanol–water partition coefficient (Wildman–Crippen LogP) is 1.35. The highest BCUT2D eigenvalue weighted by atomic mass is 32.1. The van der Waals surface area contributed by atoms with Crippen LogP contribution in [0.5, 0.6) is 0 Å². The number of tetrazole rings is 1. The first-order valence-corrected chi connectivity index (χ1v) is 8.20. The molecular formula is C13H18N6OS. The number of hydrogen-bond acceptors (Lipinski definition) is 7. The fourth-order valence-electron chi connectivity index (χ4n) is 2.63. The van der Waals surface area contributed by atoms with Crippen molar-refractivity contribution in [1.29, 1.82) is 0 Å². The zero-order valence-corrected chi connectivity index (χ0v) is 12.8. The second kappa shape index (κ2) is 5.43. The molecule has 2 aromatic heterocycles. The molecule has 1 saturated carbocycles. The largest absolute Gasteiger partial charge is 0.368 e. The molecular weight excluding hydrogens is 288 g/mol. The summed E-state index contributed by atoms with van der Waals surface area (Å²) in [4.78, 5) is 6.90. The summed E-state index contributed by atoms with van der Waals surface area (Å²) in [7, 11) is 0. The van der Waals surface area contributed by atoms with Gasteiger partial charge in [-0.25, -0.2) is 9.67 Å². The summed E-state index contributed by atoms with van der Waals surface area (Å²) in [5, 5.41) is 15.3. The van der Waals surface area contributed by atoms with Crippen LogP contribution in [0.15, 0.2) is 5.38 Å². The van der Waals surface area contributed by atoms with Gasteiger partial charge in [-0.2, -0.15) is 0 Å². The molecule has 112 valence electrons. The standard InChI is InChI=1S/C13H18N6OS/c1-9-8-21-13(14-9)11-6-18(4-5-20-11)7-12-15-16-17-19(12)10-2-3-10/h8,10-11H,2-7H2,1H3/t11-/m1/s1. The molecule has 0 unspecified atom stereocenters. The molecule has 7 nitrogen and oxygen atoms in total. The molecule has 2 aliphatic rings. The topological polar surface area (TPSA) is 69.0 Å². The molecule has 21 heavy (non-hydrogen) atoms. The lowest BCUT2D eigenvalue weighted by Crippen LogP contribution is -2.38. The Morgan fingerprint density at radius 1 is 1.43 bits per heavy atom. The predicted molar refractivity (Wildman–Crippen MR) is 76.9 cm³/mol. The van der Waals surface area contributed by atoms with Crippen LogP contribution in [-0.4, -0.2) is 49.8 Å². The van der Waals surface area contributed by atoms with Crippen molar-refractivity contribution in [2.45, 2.75) is 38.5 Å². The first-order valence-electron chi connectivity index (χ1n) is 7.32. The number of thiazole rings is 1. The fraction of sp³-hybridized carbons (Fsp3) is 0.692. The zero-order valence-electron chi connectivity index (χ0n) is 12.0. The summed E-state index contributed by atoms with van der Waals surface area (Å²) < 4.78 is 7.85. The number of aryl methyl sites for hydroxylation is 1. The fourth-order valence-corrected chi connectivity index (χ4v) is 3.47. The molecule has 0 radical (unpaired) electrons. The van der Waals surface area contributed by atoms with Gasteiger partial charge in [-0.1, -0.05) is 0 Å². The number of ether oxygens (including phenoxy) is 1. The molecule has 8 heteroatoms. The van der Waals surface area contributed by atoms with Crippen LogP contribution in [0.25, 0.3) is 0 Å². The summed E-state index contributed by atoms with van der Waals surface area (Å²) in [6, 6.07) is 0.522. The van der Waals surface area contributed by atoms with E-state index >= 15 is 0 Å².